The van der Waals surface area contributed by atoms with Crippen molar-refractivity contribution >= 4 is 17.3 Å². The Labute approximate surface area is 103 Å². The molecule has 0 saturated carbocycles. The molecule has 6 heteroatoms. The summed E-state index contributed by atoms with van der Waals surface area (Å²) in [6.07, 6.45) is 1.34. The highest BCUT2D eigenvalue weighted by molar-refractivity contribution is 6.06. The van der Waals surface area contributed by atoms with Crippen molar-refractivity contribution in [3.05, 3.63) is 41.3 Å². The number of rotatable bonds is 2. The number of nitrogens with one attached hydrogen (secondary N) is 1. The highest BCUT2D eigenvalue weighted by atomic mass is 16.5. The molecule has 1 aromatic carbocycles. The molecule has 1 heterocycles. The van der Waals surface area contributed by atoms with Crippen LogP contribution in [-0.4, -0.2) is 11.1 Å². The number of carbonyl (C=O) groups is 1. The zero-order chi connectivity index (χ0) is 13.1. The minimum absolute atomic E-state index is 0.330. The number of nitrogen functional groups attached to an aromatic ring is 1. The molecule has 0 fully saturated rings. The zero-order valence-electron chi connectivity index (χ0n) is 9.60. The van der Waals surface area contributed by atoms with E-state index in [1.54, 1.807) is 19.1 Å². The summed E-state index contributed by atoms with van der Waals surface area (Å²) in [5, 5.41) is 14.9. The quantitative estimate of drug-likeness (QED) is 0.779. The van der Waals surface area contributed by atoms with Gasteiger partial charge in [0.05, 0.1) is 29.2 Å². The molecule has 0 bridgehead atoms. The maximum absolute atomic E-state index is 11.9. The molecule has 0 unspecified atom stereocenters. The normalized spacial score (nSPS) is 9.78. The largest absolute Gasteiger partial charge is 0.397 e. The number of hydrogen-bond donors (Lipinski definition) is 2. The molecule has 3 N–H and O–H groups in total. The SMILES string of the molecule is Cc1oncc1C(=O)Nc1ccc(C#N)cc1N. The molecule has 0 aliphatic rings. The fraction of sp³-hybridized carbons (Fsp3) is 0.0833. The van der Waals surface area contributed by atoms with E-state index in [9.17, 15) is 4.79 Å². The molecule has 0 aliphatic carbocycles. The maximum atomic E-state index is 11.9. The van der Waals surface area contributed by atoms with Crippen LogP contribution < -0.4 is 11.1 Å². The van der Waals surface area contributed by atoms with Gasteiger partial charge in [0, 0.05) is 0 Å². The lowest BCUT2D eigenvalue weighted by atomic mass is 10.2. The molecule has 90 valence electrons. The third-order valence-corrected chi connectivity index (χ3v) is 2.42. The molecular formula is C12H10N4O2. The highest BCUT2D eigenvalue weighted by Gasteiger charge is 2.14. The summed E-state index contributed by atoms with van der Waals surface area (Å²) in [4.78, 5) is 11.9. The average molecular weight is 242 g/mol. The molecule has 0 radical (unpaired) electrons. The number of hydrogen-bond acceptors (Lipinski definition) is 5. The average Bonchev–Trinajstić information content (AvgIpc) is 2.78. The minimum Gasteiger partial charge on any atom is -0.397 e. The Morgan fingerprint density at radius 1 is 1.56 bits per heavy atom. The van der Waals surface area contributed by atoms with E-state index in [0.29, 0.717) is 28.3 Å². The van der Waals surface area contributed by atoms with Crippen LogP contribution in [0.2, 0.25) is 0 Å². The van der Waals surface area contributed by atoms with Gasteiger partial charge in [0.25, 0.3) is 5.91 Å². The van der Waals surface area contributed by atoms with Crippen molar-refractivity contribution in [2.45, 2.75) is 6.92 Å². The van der Waals surface area contributed by atoms with Crippen LogP contribution in [0.5, 0.6) is 0 Å². The highest BCUT2D eigenvalue weighted by Crippen LogP contribution is 2.20. The number of aryl methyl sites for hydroxylation is 1. The summed E-state index contributed by atoms with van der Waals surface area (Å²) >= 11 is 0. The van der Waals surface area contributed by atoms with Crippen LogP contribution in [0.1, 0.15) is 21.7 Å². The van der Waals surface area contributed by atoms with E-state index in [1.807, 2.05) is 6.07 Å². The van der Waals surface area contributed by atoms with E-state index in [4.69, 9.17) is 15.5 Å². The third kappa shape index (κ3) is 2.15. The Balaban J connectivity index is 2.23. The van der Waals surface area contributed by atoms with E-state index in [1.165, 1.54) is 12.3 Å². The molecular weight excluding hydrogens is 232 g/mol. The van der Waals surface area contributed by atoms with Crippen molar-refractivity contribution in [3.63, 3.8) is 0 Å². The molecule has 0 spiro atoms. The van der Waals surface area contributed by atoms with Crippen LogP contribution in [0.4, 0.5) is 11.4 Å². The Morgan fingerprint density at radius 3 is 2.89 bits per heavy atom. The van der Waals surface area contributed by atoms with Crippen LogP contribution >= 0.6 is 0 Å². The number of benzene rings is 1. The Morgan fingerprint density at radius 2 is 2.33 bits per heavy atom. The topological polar surface area (TPSA) is 105 Å². The first kappa shape index (κ1) is 11.7. The van der Waals surface area contributed by atoms with E-state index in [-0.39, 0.29) is 5.91 Å². The fourth-order valence-corrected chi connectivity index (χ4v) is 1.45. The van der Waals surface area contributed by atoms with Crippen LogP contribution in [0.15, 0.2) is 28.9 Å². The van der Waals surface area contributed by atoms with Crippen molar-refractivity contribution < 1.29 is 9.32 Å². The number of nitriles is 1. The lowest BCUT2D eigenvalue weighted by molar-refractivity contribution is 0.102. The Bertz CT molecular complexity index is 640. The van der Waals surface area contributed by atoms with Gasteiger partial charge in [-0.25, -0.2) is 0 Å². The number of anilines is 2. The number of aromatic nitrogens is 1. The van der Waals surface area contributed by atoms with Gasteiger partial charge in [0.1, 0.15) is 11.3 Å². The van der Waals surface area contributed by atoms with Crippen LogP contribution in [-0.2, 0) is 0 Å². The monoisotopic (exact) mass is 242 g/mol. The molecule has 0 aliphatic heterocycles. The van der Waals surface area contributed by atoms with E-state index in [0.717, 1.165) is 0 Å². The molecule has 2 rings (SSSR count). The molecule has 6 nitrogen and oxygen atoms in total. The van der Waals surface area contributed by atoms with Gasteiger partial charge in [-0.15, -0.1) is 0 Å². The summed E-state index contributed by atoms with van der Waals surface area (Å²) in [7, 11) is 0. The molecule has 0 saturated heterocycles. The summed E-state index contributed by atoms with van der Waals surface area (Å²) in [5.74, 6) is 0.0740. The Kier molecular flexibility index (Phi) is 2.98. The molecule has 1 aromatic heterocycles. The maximum Gasteiger partial charge on any atom is 0.260 e. The van der Waals surface area contributed by atoms with Crippen LogP contribution in [0.25, 0.3) is 0 Å². The standard InChI is InChI=1S/C12H10N4O2/c1-7-9(6-15-18-7)12(17)16-11-3-2-8(5-13)4-10(11)14/h2-4,6H,14H2,1H3,(H,16,17). The predicted octanol–water partition coefficient (Wildman–Crippen LogP) is 1.69. The van der Waals surface area contributed by atoms with Gasteiger partial charge in [0.15, 0.2) is 0 Å². The van der Waals surface area contributed by atoms with Crippen molar-refractivity contribution in [3.8, 4) is 6.07 Å². The van der Waals surface area contributed by atoms with Crippen molar-refractivity contribution in [1.82, 2.24) is 5.16 Å². The first-order valence-corrected chi connectivity index (χ1v) is 5.14. The lowest BCUT2D eigenvalue weighted by Gasteiger charge is -2.07. The number of nitrogens with two attached hydrogens (primary N) is 1. The molecule has 18 heavy (non-hydrogen) atoms. The summed E-state index contributed by atoms with van der Waals surface area (Å²) in [5.41, 5.74) is 7.29. The molecule has 0 atom stereocenters. The molecule has 1 amide bonds. The smallest absolute Gasteiger partial charge is 0.260 e. The minimum atomic E-state index is -0.356. The lowest BCUT2D eigenvalue weighted by Crippen LogP contribution is -2.13. The van der Waals surface area contributed by atoms with Gasteiger partial charge < -0.3 is 15.6 Å². The third-order valence-electron chi connectivity index (χ3n) is 2.42. The van der Waals surface area contributed by atoms with Crippen LogP contribution in [0.3, 0.4) is 0 Å². The van der Waals surface area contributed by atoms with Gasteiger partial charge in [-0.2, -0.15) is 5.26 Å². The van der Waals surface area contributed by atoms with Gasteiger partial charge in [0.2, 0.25) is 0 Å². The van der Waals surface area contributed by atoms with Crippen molar-refractivity contribution in [2.24, 2.45) is 0 Å². The Hall–Kier alpha value is -2.81. The second-order valence-electron chi connectivity index (χ2n) is 3.66. The zero-order valence-corrected chi connectivity index (χ0v) is 9.60. The van der Waals surface area contributed by atoms with Crippen LogP contribution in [0, 0.1) is 18.3 Å². The summed E-state index contributed by atoms with van der Waals surface area (Å²) in [6.45, 7) is 1.64. The van der Waals surface area contributed by atoms with Crippen molar-refractivity contribution in [1.29, 1.82) is 5.26 Å². The van der Waals surface area contributed by atoms with E-state index in [2.05, 4.69) is 10.5 Å². The number of carbonyl (C=O) groups excluding carboxylic acids is 1. The number of amides is 1. The summed E-state index contributed by atoms with van der Waals surface area (Å²) < 4.78 is 4.80. The first-order valence-electron chi connectivity index (χ1n) is 5.14. The molecule has 2 aromatic rings. The van der Waals surface area contributed by atoms with E-state index >= 15 is 0 Å². The van der Waals surface area contributed by atoms with Gasteiger partial charge in [-0.05, 0) is 25.1 Å². The van der Waals surface area contributed by atoms with Gasteiger partial charge >= 0.3 is 0 Å². The van der Waals surface area contributed by atoms with Crippen molar-refractivity contribution in [2.75, 3.05) is 11.1 Å². The fourth-order valence-electron chi connectivity index (χ4n) is 1.45. The number of nitrogens with zero attached hydrogens (tertiary/aromatic N) is 2. The predicted molar refractivity (Wildman–Crippen MR) is 64.8 cm³/mol. The van der Waals surface area contributed by atoms with E-state index < -0.39 is 0 Å². The summed E-state index contributed by atoms with van der Waals surface area (Å²) in [6, 6.07) is 6.62. The van der Waals surface area contributed by atoms with Gasteiger partial charge in [-0.3, -0.25) is 4.79 Å². The van der Waals surface area contributed by atoms with Gasteiger partial charge in [-0.1, -0.05) is 5.16 Å². The second kappa shape index (κ2) is 4.59. The second-order valence-corrected chi connectivity index (χ2v) is 3.66. The first-order chi connectivity index (χ1) is 8.61.